The van der Waals surface area contributed by atoms with Gasteiger partial charge in [-0.3, -0.25) is 0 Å². The molecule has 19 heavy (non-hydrogen) atoms. The smallest absolute Gasteiger partial charge is 0.291 e. The van der Waals surface area contributed by atoms with Crippen molar-refractivity contribution in [1.82, 2.24) is 5.32 Å². The first-order chi connectivity index (χ1) is 8.96. The van der Waals surface area contributed by atoms with Gasteiger partial charge in [0.1, 0.15) is 5.75 Å². The van der Waals surface area contributed by atoms with E-state index in [1.54, 1.807) is 13.0 Å². The van der Waals surface area contributed by atoms with Crippen molar-refractivity contribution in [2.24, 2.45) is 0 Å². The number of hydrogen-bond acceptors (Lipinski definition) is 2. The van der Waals surface area contributed by atoms with E-state index in [0.29, 0.717) is 18.7 Å². The molecule has 0 spiro atoms. The number of benzene rings is 1. The molecule has 0 aliphatic carbocycles. The lowest BCUT2D eigenvalue weighted by atomic mass is 9.91. The molecule has 1 aromatic rings. The van der Waals surface area contributed by atoms with Gasteiger partial charge >= 0.3 is 0 Å². The van der Waals surface area contributed by atoms with Gasteiger partial charge in [0.05, 0.1) is 18.7 Å². The molecule has 0 saturated carbocycles. The highest BCUT2D eigenvalue weighted by Gasteiger charge is 2.44. The molecular formula is C15H21F2NO. The van der Waals surface area contributed by atoms with Crippen LogP contribution in [0.4, 0.5) is 8.78 Å². The number of methoxy groups -OCH3 is 1. The molecule has 0 radical (unpaired) electrons. The summed E-state index contributed by atoms with van der Waals surface area (Å²) >= 11 is 0. The minimum atomic E-state index is -2.90. The number of halogens is 2. The molecule has 0 amide bonds. The van der Waals surface area contributed by atoms with Gasteiger partial charge < -0.3 is 10.1 Å². The maximum absolute atomic E-state index is 14.7. The average Bonchev–Trinajstić information content (AvgIpc) is 2.39. The molecule has 1 aromatic carbocycles. The number of nitrogens with one attached hydrogen (secondary N) is 1. The molecule has 1 aliphatic heterocycles. The molecule has 1 saturated heterocycles. The first-order valence-electron chi connectivity index (χ1n) is 6.73. The first kappa shape index (κ1) is 14.3. The molecule has 1 unspecified atom stereocenters. The molecule has 0 bridgehead atoms. The maximum Gasteiger partial charge on any atom is 0.291 e. The zero-order valence-corrected chi connectivity index (χ0v) is 11.7. The van der Waals surface area contributed by atoms with Crippen molar-refractivity contribution in [3.05, 3.63) is 28.8 Å². The van der Waals surface area contributed by atoms with Crippen LogP contribution in [0, 0.1) is 13.8 Å². The Hall–Kier alpha value is -1.16. The number of hydrogen-bond donors (Lipinski definition) is 1. The van der Waals surface area contributed by atoms with Gasteiger partial charge in [0.2, 0.25) is 0 Å². The Morgan fingerprint density at radius 1 is 1.26 bits per heavy atom. The predicted molar refractivity (Wildman–Crippen MR) is 72.0 cm³/mol. The van der Waals surface area contributed by atoms with Crippen LogP contribution in [0.25, 0.3) is 0 Å². The molecular weight excluding hydrogens is 248 g/mol. The van der Waals surface area contributed by atoms with Crippen LogP contribution >= 0.6 is 0 Å². The third-order valence-corrected chi connectivity index (χ3v) is 3.73. The third-order valence-electron chi connectivity index (χ3n) is 3.73. The summed E-state index contributed by atoms with van der Waals surface area (Å²) in [5.41, 5.74) is 1.60. The number of aryl methyl sites for hydroxylation is 2. The summed E-state index contributed by atoms with van der Waals surface area (Å²) < 4.78 is 34.6. The standard InChI is InChI=1S/C15H21F2NO/c1-10-8-11(2)14(19-3)12(9-10)15(16,17)13-6-4-5-7-18-13/h8-9,13,18H,4-7H2,1-3H3. The lowest BCUT2D eigenvalue weighted by Gasteiger charge is -2.32. The second kappa shape index (κ2) is 5.45. The highest BCUT2D eigenvalue weighted by Crippen LogP contribution is 2.42. The number of piperidine rings is 1. The minimum Gasteiger partial charge on any atom is -0.496 e. The van der Waals surface area contributed by atoms with Crippen LogP contribution in [-0.2, 0) is 5.92 Å². The summed E-state index contributed by atoms with van der Waals surface area (Å²) in [6.07, 6.45) is 2.32. The molecule has 2 rings (SSSR count). The summed E-state index contributed by atoms with van der Waals surface area (Å²) in [6, 6.07) is 2.62. The largest absolute Gasteiger partial charge is 0.496 e. The van der Waals surface area contributed by atoms with Crippen LogP contribution in [0.1, 0.15) is 36.0 Å². The second-order valence-corrected chi connectivity index (χ2v) is 5.29. The Morgan fingerprint density at radius 2 is 2.00 bits per heavy atom. The van der Waals surface area contributed by atoms with Gasteiger partial charge in [-0.2, -0.15) is 8.78 Å². The first-order valence-corrected chi connectivity index (χ1v) is 6.73. The molecule has 1 fully saturated rings. The molecule has 1 heterocycles. The van der Waals surface area contributed by atoms with Crippen LogP contribution < -0.4 is 10.1 Å². The molecule has 106 valence electrons. The highest BCUT2D eigenvalue weighted by atomic mass is 19.3. The van der Waals surface area contributed by atoms with Gasteiger partial charge in [-0.05, 0) is 44.9 Å². The number of rotatable bonds is 3. The van der Waals surface area contributed by atoms with Gasteiger partial charge in [0.15, 0.2) is 0 Å². The van der Waals surface area contributed by atoms with Crippen LogP contribution in [-0.4, -0.2) is 19.7 Å². The Balaban J connectivity index is 2.43. The maximum atomic E-state index is 14.7. The number of alkyl halides is 2. The fourth-order valence-corrected chi connectivity index (χ4v) is 2.82. The van der Waals surface area contributed by atoms with Crippen molar-refractivity contribution >= 4 is 0 Å². The van der Waals surface area contributed by atoms with Crippen LogP contribution in [0.5, 0.6) is 5.75 Å². The fourth-order valence-electron chi connectivity index (χ4n) is 2.82. The predicted octanol–water partition coefficient (Wildman–Crippen LogP) is 3.55. The van der Waals surface area contributed by atoms with E-state index in [2.05, 4.69) is 5.32 Å². The van der Waals surface area contributed by atoms with Gasteiger partial charge in [-0.1, -0.05) is 18.1 Å². The Bertz CT molecular complexity index is 454. The van der Waals surface area contributed by atoms with Gasteiger partial charge in [-0.25, -0.2) is 0 Å². The van der Waals surface area contributed by atoms with E-state index in [1.807, 2.05) is 13.0 Å². The second-order valence-electron chi connectivity index (χ2n) is 5.29. The quantitative estimate of drug-likeness (QED) is 0.906. The SMILES string of the molecule is COc1c(C)cc(C)cc1C(F)(F)C1CCCCN1. The van der Waals surface area contributed by atoms with Gasteiger partial charge in [0, 0.05) is 0 Å². The zero-order chi connectivity index (χ0) is 14.0. The summed E-state index contributed by atoms with van der Waals surface area (Å²) in [4.78, 5) is 0. The van der Waals surface area contributed by atoms with Crippen molar-refractivity contribution in [3.63, 3.8) is 0 Å². The Kier molecular flexibility index (Phi) is 4.09. The molecule has 2 nitrogen and oxygen atoms in total. The molecule has 1 aliphatic rings. The van der Waals surface area contributed by atoms with Gasteiger partial charge in [-0.15, -0.1) is 0 Å². The Morgan fingerprint density at radius 3 is 2.58 bits per heavy atom. The highest BCUT2D eigenvalue weighted by molar-refractivity contribution is 5.46. The Labute approximate surface area is 113 Å². The summed E-state index contributed by atoms with van der Waals surface area (Å²) in [6.45, 7) is 4.30. The van der Waals surface area contributed by atoms with Crippen LogP contribution in [0.2, 0.25) is 0 Å². The monoisotopic (exact) mass is 269 g/mol. The number of ether oxygens (including phenoxy) is 1. The van der Waals surface area contributed by atoms with Gasteiger partial charge in [0.25, 0.3) is 5.92 Å². The molecule has 1 atom stereocenters. The topological polar surface area (TPSA) is 21.3 Å². The van der Waals surface area contributed by atoms with E-state index < -0.39 is 12.0 Å². The average molecular weight is 269 g/mol. The van der Waals surface area contributed by atoms with Crippen LogP contribution in [0.3, 0.4) is 0 Å². The van der Waals surface area contributed by atoms with E-state index >= 15 is 0 Å². The fraction of sp³-hybridized carbons (Fsp3) is 0.600. The van der Waals surface area contributed by atoms with E-state index in [1.165, 1.54) is 7.11 Å². The minimum absolute atomic E-state index is 0.00639. The van der Waals surface area contributed by atoms with E-state index in [9.17, 15) is 8.78 Å². The normalized spacial score (nSPS) is 20.4. The van der Waals surface area contributed by atoms with E-state index in [0.717, 1.165) is 24.0 Å². The van der Waals surface area contributed by atoms with Crippen molar-refractivity contribution in [3.8, 4) is 5.75 Å². The molecule has 0 aromatic heterocycles. The molecule has 4 heteroatoms. The van der Waals surface area contributed by atoms with E-state index in [-0.39, 0.29) is 5.56 Å². The van der Waals surface area contributed by atoms with Crippen molar-refractivity contribution in [2.75, 3.05) is 13.7 Å². The van der Waals surface area contributed by atoms with Crippen molar-refractivity contribution in [1.29, 1.82) is 0 Å². The van der Waals surface area contributed by atoms with Crippen molar-refractivity contribution < 1.29 is 13.5 Å². The molecule has 1 N–H and O–H groups in total. The summed E-state index contributed by atoms with van der Waals surface area (Å²) in [7, 11) is 1.45. The lowest BCUT2D eigenvalue weighted by Crippen LogP contribution is -2.46. The third kappa shape index (κ3) is 2.73. The van der Waals surface area contributed by atoms with E-state index in [4.69, 9.17) is 4.74 Å². The summed E-state index contributed by atoms with van der Waals surface area (Å²) in [5.74, 6) is -2.59. The van der Waals surface area contributed by atoms with Crippen molar-refractivity contribution in [2.45, 2.75) is 45.1 Å². The van der Waals surface area contributed by atoms with Crippen LogP contribution in [0.15, 0.2) is 12.1 Å². The lowest BCUT2D eigenvalue weighted by molar-refractivity contribution is -0.0529. The zero-order valence-electron chi connectivity index (χ0n) is 11.7. The summed E-state index contributed by atoms with van der Waals surface area (Å²) in [5, 5.41) is 2.94.